The predicted molar refractivity (Wildman–Crippen MR) is 62.1 cm³/mol. The number of ether oxygens (including phenoxy) is 1. The molecule has 0 bridgehead atoms. The van der Waals surface area contributed by atoms with Crippen LogP contribution in [-0.2, 0) is 0 Å². The number of ketones is 1. The zero-order valence-corrected chi connectivity index (χ0v) is 10.5. The molecule has 0 saturated carbocycles. The van der Waals surface area contributed by atoms with Gasteiger partial charge in [-0.2, -0.15) is 13.2 Å². The molecule has 0 heterocycles. The van der Waals surface area contributed by atoms with E-state index in [0.717, 1.165) is 6.07 Å². The molecule has 2 nitrogen and oxygen atoms in total. The number of carbonyl (C=O) groups is 1. The van der Waals surface area contributed by atoms with Crippen molar-refractivity contribution in [3.63, 3.8) is 0 Å². The first kappa shape index (κ1) is 14.5. The molecule has 0 spiro atoms. The standard InChI is InChI=1S/C13H15F3O2/c1-4-18-11-6-5-9(7-10(11)8(2)3)12(17)13(14,15)16/h5-8H,4H2,1-3H3. The molecule has 0 aliphatic carbocycles. The highest BCUT2D eigenvalue weighted by molar-refractivity contribution is 6.00. The Morgan fingerprint density at radius 3 is 2.39 bits per heavy atom. The lowest BCUT2D eigenvalue weighted by atomic mass is 9.98. The molecule has 0 N–H and O–H groups in total. The minimum atomic E-state index is -4.85. The minimum Gasteiger partial charge on any atom is -0.494 e. The number of hydrogen-bond acceptors (Lipinski definition) is 2. The van der Waals surface area contributed by atoms with Gasteiger partial charge in [-0.25, -0.2) is 0 Å². The molecular formula is C13H15F3O2. The van der Waals surface area contributed by atoms with E-state index in [1.165, 1.54) is 12.1 Å². The van der Waals surface area contributed by atoms with Crippen LogP contribution in [-0.4, -0.2) is 18.6 Å². The first-order valence-corrected chi connectivity index (χ1v) is 5.65. The van der Waals surface area contributed by atoms with Crippen molar-refractivity contribution in [2.75, 3.05) is 6.61 Å². The lowest BCUT2D eigenvalue weighted by Crippen LogP contribution is -2.22. The molecule has 0 radical (unpaired) electrons. The van der Waals surface area contributed by atoms with Crippen LogP contribution in [0.15, 0.2) is 18.2 Å². The van der Waals surface area contributed by atoms with Gasteiger partial charge in [0.1, 0.15) is 5.75 Å². The Bertz CT molecular complexity index is 436. The fraction of sp³-hybridized carbons (Fsp3) is 0.462. The third kappa shape index (κ3) is 3.24. The van der Waals surface area contributed by atoms with Crippen LogP contribution in [0.1, 0.15) is 42.6 Å². The molecule has 0 aliphatic heterocycles. The van der Waals surface area contributed by atoms with Gasteiger partial charge in [0.05, 0.1) is 6.61 Å². The Morgan fingerprint density at radius 1 is 1.33 bits per heavy atom. The van der Waals surface area contributed by atoms with E-state index in [0.29, 0.717) is 17.9 Å². The van der Waals surface area contributed by atoms with E-state index >= 15 is 0 Å². The van der Waals surface area contributed by atoms with Crippen LogP contribution >= 0.6 is 0 Å². The SMILES string of the molecule is CCOc1ccc(C(=O)C(F)(F)F)cc1C(C)C. The number of rotatable bonds is 4. The molecule has 1 rings (SSSR count). The number of carbonyl (C=O) groups excluding carboxylic acids is 1. The molecule has 18 heavy (non-hydrogen) atoms. The summed E-state index contributed by atoms with van der Waals surface area (Å²) in [6, 6.07) is 3.82. The van der Waals surface area contributed by atoms with E-state index in [9.17, 15) is 18.0 Å². The lowest BCUT2D eigenvalue weighted by molar-refractivity contribution is -0.0885. The Labute approximate surface area is 104 Å². The maximum atomic E-state index is 12.3. The van der Waals surface area contributed by atoms with Crippen LogP contribution < -0.4 is 4.74 Å². The van der Waals surface area contributed by atoms with E-state index in [2.05, 4.69) is 0 Å². The maximum Gasteiger partial charge on any atom is 0.454 e. The van der Waals surface area contributed by atoms with E-state index in [4.69, 9.17) is 4.74 Å². The monoisotopic (exact) mass is 260 g/mol. The number of benzene rings is 1. The van der Waals surface area contributed by atoms with Crippen LogP contribution in [0.2, 0.25) is 0 Å². The number of alkyl halides is 3. The van der Waals surface area contributed by atoms with Crippen molar-refractivity contribution in [1.82, 2.24) is 0 Å². The number of hydrogen-bond donors (Lipinski definition) is 0. The Balaban J connectivity index is 3.19. The second-order valence-corrected chi connectivity index (χ2v) is 4.17. The summed E-state index contributed by atoms with van der Waals surface area (Å²) in [5, 5.41) is 0. The molecular weight excluding hydrogens is 245 g/mol. The van der Waals surface area contributed by atoms with Gasteiger partial charge in [0.2, 0.25) is 0 Å². The van der Waals surface area contributed by atoms with Crippen molar-refractivity contribution in [3.8, 4) is 5.75 Å². The Hall–Kier alpha value is -1.52. The molecule has 1 aromatic carbocycles. The van der Waals surface area contributed by atoms with Gasteiger partial charge in [-0.05, 0) is 36.6 Å². The zero-order valence-electron chi connectivity index (χ0n) is 10.5. The second-order valence-electron chi connectivity index (χ2n) is 4.17. The van der Waals surface area contributed by atoms with Crippen molar-refractivity contribution in [2.45, 2.75) is 32.9 Å². The normalized spacial score (nSPS) is 11.7. The topological polar surface area (TPSA) is 26.3 Å². The largest absolute Gasteiger partial charge is 0.494 e. The Kier molecular flexibility index (Phi) is 4.38. The van der Waals surface area contributed by atoms with Gasteiger partial charge in [0.25, 0.3) is 5.78 Å². The van der Waals surface area contributed by atoms with Crippen molar-refractivity contribution < 1.29 is 22.7 Å². The van der Waals surface area contributed by atoms with Gasteiger partial charge in [0, 0.05) is 5.56 Å². The first-order chi connectivity index (χ1) is 8.27. The molecule has 0 aromatic heterocycles. The molecule has 0 atom stereocenters. The molecule has 0 unspecified atom stereocenters. The van der Waals surface area contributed by atoms with Crippen LogP contribution in [0, 0.1) is 0 Å². The summed E-state index contributed by atoms with van der Waals surface area (Å²) in [5.41, 5.74) is 0.251. The molecule has 1 aromatic rings. The molecule has 0 aliphatic rings. The van der Waals surface area contributed by atoms with Crippen molar-refractivity contribution in [3.05, 3.63) is 29.3 Å². The fourth-order valence-electron chi connectivity index (χ4n) is 1.59. The van der Waals surface area contributed by atoms with Crippen molar-refractivity contribution in [2.24, 2.45) is 0 Å². The smallest absolute Gasteiger partial charge is 0.454 e. The third-order valence-electron chi connectivity index (χ3n) is 2.45. The maximum absolute atomic E-state index is 12.3. The predicted octanol–water partition coefficient (Wildman–Crippen LogP) is 3.95. The van der Waals surface area contributed by atoms with Crippen LogP contribution in [0.4, 0.5) is 13.2 Å². The summed E-state index contributed by atoms with van der Waals surface area (Å²) in [7, 11) is 0. The van der Waals surface area contributed by atoms with Crippen molar-refractivity contribution in [1.29, 1.82) is 0 Å². The fourth-order valence-corrected chi connectivity index (χ4v) is 1.59. The van der Waals surface area contributed by atoms with Crippen LogP contribution in [0.3, 0.4) is 0 Å². The molecule has 100 valence electrons. The minimum absolute atomic E-state index is 0.0208. The third-order valence-corrected chi connectivity index (χ3v) is 2.45. The van der Waals surface area contributed by atoms with Gasteiger partial charge >= 0.3 is 6.18 Å². The summed E-state index contributed by atoms with van der Waals surface area (Å²) in [5.74, 6) is -1.33. The van der Waals surface area contributed by atoms with E-state index in [-0.39, 0.29) is 11.5 Å². The molecule has 0 fully saturated rings. The van der Waals surface area contributed by atoms with Gasteiger partial charge < -0.3 is 4.74 Å². The van der Waals surface area contributed by atoms with Gasteiger partial charge in [-0.15, -0.1) is 0 Å². The summed E-state index contributed by atoms with van der Waals surface area (Å²) >= 11 is 0. The first-order valence-electron chi connectivity index (χ1n) is 5.65. The molecule has 5 heteroatoms. The average Bonchev–Trinajstić information content (AvgIpc) is 2.27. The molecule has 0 saturated heterocycles. The van der Waals surface area contributed by atoms with Gasteiger partial charge in [-0.1, -0.05) is 13.8 Å². The zero-order chi connectivity index (χ0) is 13.9. The van der Waals surface area contributed by atoms with E-state index in [1.807, 2.05) is 13.8 Å². The number of halogens is 3. The van der Waals surface area contributed by atoms with Gasteiger partial charge in [-0.3, -0.25) is 4.79 Å². The highest BCUT2D eigenvalue weighted by Crippen LogP contribution is 2.30. The highest BCUT2D eigenvalue weighted by atomic mass is 19.4. The van der Waals surface area contributed by atoms with Crippen LogP contribution in [0.25, 0.3) is 0 Å². The highest BCUT2D eigenvalue weighted by Gasteiger charge is 2.39. The van der Waals surface area contributed by atoms with Crippen molar-refractivity contribution >= 4 is 5.78 Å². The second kappa shape index (κ2) is 5.42. The molecule has 0 amide bonds. The summed E-state index contributed by atoms with van der Waals surface area (Å²) in [4.78, 5) is 11.1. The quantitative estimate of drug-likeness (QED) is 0.766. The van der Waals surface area contributed by atoms with E-state index < -0.39 is 12.0 Å². The summed E-state index contributed by atoms with van der Waals surface area (Å²) < 4.78 is 42.3. The van der Waals surface area contributed by atoms with Gasteiger partial charge in [0.15, 0.2) is 0 Å². The lowest BCUT2D eigenvalue weighted by Gasteiger charge is -2.15. The summed E-state index contributed by atoms with van der Waals surface area (Å²) in [6.45, 7) is 5.88. The average molecular weight is 260 g/mol. The number of Topliss-reactive ketones (excluding diaryl/α,β-unsaturated/α-hetero) is 1. The van der Waals surface area contributed by atoms with Crippen LogP contribution in [0.5, 0.6) is 5.75 Å². The Morgan fingerprint density at radius 2 is 1.94 bits per heavy atom. The van der Waals surface area contributed by atoms with E-state index in [1.54, 1.807) is 6.92 Å². The summed E-state index contributed by atoms with van der Waals surface area (Å²) in [6.07, 6.45) is -4.85.